The molecule has 2 heterocycles. The molecule has 0 unspecified atom stereocenters. The molecular formula is C23H24ClN5O2S. The van der Waals surface area contributed by atoms with Gasteiger partial charge in [-0.15, -0.1) is 10.2 Å². The summed E-state index contributed by atoms with van der Waals surface area (Å²) in [6, 6.07) is 14.6. The minimum absolute atomic E-state index is 0.0472. The van der Waals surface area contributed by atoms with Crippen LogP contribution in [-0.4, -0.2) is 54.1 Å². The number of aromatic nitrogens is 2. The van der Waals surface area contributed by atoms with E-state index in [2.05, 4.69) is 15.5 Å². The van der Waals surface area contributed by atoms with E-state index in [4.69, 9.17) is 11.6 Å². The normalized spacial score (nSPS) is 14.3. The molecule has 0 atom stereocenters. The van der Waals surface area contributed by atoms with E-state index >= 15 is 0 Å². The zero-order chi connectivity index (χ0) is 22.7. The highest BCUT2D eigenvalue weighted by Crippen LogP contribution is 2.31. The van der Waals surface area contributed by atoms with Crippen molar-refractivity contribution in [2.24, 2.45) is 0 Å². The van der Waals surface area contributed by atoms with Crippen LogP contribution in [0.4, 0.5) is 11.4 Å². The van der Waals surface area contributed by atoms with Crippen LogP contribution < -0.4 is 10.2 Å². The minimum Gasteiger partial charge on any atom is -0.378 e. The molecule has 3 aromatic rings. The molecule has 0 bridgehead atoms. The minimum atomic E-state index is -0.301. The maximum absolute atomic E-state index is 12.9. The molecule has 32 heavy (non-hydrogen) atoms. The summed E-state index contributed by atoms with van der Waals surface area (Å²) in [5.74, 6) is -0.0622. The van der Waals surface area contributed by atoms with E-state index in [-0.39, 0.29) is 17.7 Å². The second kappa shape index (κ2) is 9.67. The molecule has 1 saturated heterocycles. The number of piperidine rings is 1. The second-order valence-electron chi connectivity index (χ2n) is 7.92. The van der Waals surface area contributed by atoms with Gasteiger partial charge in [-0.2, -0.15) is 0 Å². The number of nitrogens with zero attached hydrogens (tertiary/aromatic N) is 4. The number of halogens is 1. The number of carbonyl (C=O) groups excluding carboxylic acids is 2. The van der Waals surface area contributed by atoms with Crippen LogP contribution in [0.5, 0.6) is 0 Å². The van der Waals surface area contributed by atoms with Gasteiger partial charge in [-0.3, -0.25) is 9.59 Å². The number of benzene rings is 2. The number of rotatable bonds is 5. The van der Waals surface area contributed by atoms with Gasteiger partial charge in [0.1, 0.15) is 5.01 Å². The molecule has 1 fully saturated rings. The Bertz CT molecular complexity index is 1120. The standard InChI is InChI=1S/C23H24ClN5O2S/c1-28(2)19-8-3-5-16(13-19)23(31)29-11-9-15(10-12-29)21-26-27-22(32-21)20(30)25-18-7-4-6-17(24)14-18/h3-8,13-15H,9-12H2,1-2H3,(H,25,30). The topological polar surface area (TPSA) is 78.4 Å². The Balaban J connectivity index is 1.35. The lowest BCUT2D eigenvalue weighted by molar-refractivity contribution is 0.0712. The molecule has 0 saturated carbocycles. The van der Waals surface area contributed by atoms with Gasteiger partial charge in [0, 0.05) is 55.1 Å². The molecule has 2 aromatic carbocycles. The van der Waals surface area contributed by atoms with Gasteiger partial charge in [0.2, 0.25) is 5.01 Å². The fourth-order valence-electron chi connectivity index (χ4n) is 3.67. The Morgan fingerprint density at radius 3 is 2.56 bits per heavy atom. The van der Waals surface area contributed by atoms with Crippen LogP contribution in [0.25, 0.3) is 0 Å². The second-order valence-corrected chi connectivity index (χ2v) is 9.37. The van der Waals surface area contributed by atoms with Crippen LogP contribution in [-0.2, 0) is 0 Å². The first kappa shape index (κ1) is 22.2. The summed E-state index contributed by atoms with van der Waals surface area (Å²) in [7, 11) is 3.92. The zero-order valence-electron chi connectivity index (χ0n) is 17.9. The van der Waals surface area contributed by atoms with Crippen molar-refractivity contribution in [3.05, 3.63) is 69.1 Å². The monoisotopic (exact) mass is 469 g/mol. The zero-order valence-corrected chi connectivity index (χ0v) is 19.5. The van der Waals surface area contributed by atoms with Gasteiger partial charge in [-0.1, -0.05) is 35.1 Å². The van der Waals surface area contributed by atoms with E-state index < -0.39 is 0 Å². The smallest absolute Gasteiger partial charge is 0.286 e. The molecule has 4 rings (SSSR count). The van der Waals surface area contributed by atoms with E-state index in [1.54, 1.807) is 24.3 Å². The molecule has 166 valence electrons. The highest BCUT2D eigenvalue weighted by atomic mass is 35.5. The molecule has 1 aliphatic rings. The number of carbonyl (C=O) groups is 2. The Kier molecular flexibility index (Phi) is 6.72. The van der Waals surface area contributed by atoms with Gasteiger partial charge in [0.15, 0.2) is 0 Å². The van der Waals surface area contributed by atoms with Crippen molar-refractivity contribution in [3.63, 3.8) is 0 Å². The van der Waals surface area contributed by atoms with Crippen molar-refractivity contribution >= 4 is 46.1 Å². The lowest BCUT2D eigenvalue weighted by Gasteiger charge is -2.31. The molecule has 9 heteroatoms. The number of hydrogen-bond donors (Lipinski definition) is 1. The van der Waals surface area contributed by atoms with Crippen molar-refractivity contribution < 1.29 is 9.59 Å². The maximum atomic E-state index is 12.9. The van der Waals surface area contributed by atoms with Crippen molar-refractivity contribution in [1.82, 2.24) is 15.1 Å². The van der Waals surface area contributed by atoms with E-state index in [9.17, 15) is 9.59 Å². The highest BCUT2D eigenvalue weighted by Gasteiger charge is 2.27. The Morgan fingerprint density at radius 1 is 1.09 bits per heavy atom. The number of nitrogens with one attached hydrogen (secondary N) is 1. The number of hydrogen-bond acceptors (Lipinski definition) is 6. The third kappa shape index (κ3) is 5.08. The summed E-state index contributed by atoms with van der Waals surface area (Å²) in [5, 5.41) is 12.8. The number of amides is 2. The summed E-state index contributed by atoms with van der Waals surface area (Å²) in [6.07, 6.45) is 1.59. The lowest BCUT2D eigenvalue weighted by atomic mass is 9.97. The van der Waals surface area contributed by atoms with Crippen molar-refractivity contribution in [2.75, 3.05) is 37.4 Å². The summed E-state index contributed by atoms with van der Waals surface area (Å²) in [6.45, 7) is 1.30. The first-order chi connectivity index (χ1) is 15.4. The quantitative estimate of drug-likeness (QED) is 0.594. The summed E-state index contributed by atoms with van der Waals surface area (Å²) in [5.41, 5.74) is 2.32. The average molecular weight is 470 g/mol. The van der Waals surface area contributed by atoms with Crippen molar-refractivity contribution in [1.29, 1.82) is 0 Å². The maximum Gasteiger partial charge on any atom is 0.286 e. The molecule has 0 aliphatic carbocycles. The van der Waals surface area contributed by atoms with Gasteiger partial charge in [0.05, 0.1) is 0 Å². The van der Waals surface area contributed by atoms with Crippen molar-refractivity contribution in [2.45, 2.75) is 18.8 Å². The van der Waals surface area contributed by atoms with Gasteiger partial charge < -0.3 is 15.1 Å². The van der Waals surface area contributed by atoms with E-state index in [0.29, 0.717) is 34.4 Å². The van der Waals surface area contributed by atoms with E-state index in [1.807, 2.05) is 48.2 Å². The van der Waals surface area contributed by atoms with Gasteiger partial charge in [-0.05, 0) is 49.2 Å². The van der Waals surface area contributed by atoms with E-state index in [0.717, 1.165) is 23.5 Å². The summed E-state index contributed by atoms with van der Waals surface area (Å²) in [4.78, 5) is 29.3. The Hall–Kier alpha value is -2.97. The largest absolute Gasteiger partial charge is 0.378 e. The summed E-state index contributed by atoms with van der Waals surface area (Å²) < 4.78 is 0. The van der Waals surface area contributed by atoms with Crippen molar-refractivity contribution in [3.8, 4) is 0 Å². The molecule has 7 nitrogen and oxygen atoms in total. The van der Waals surface area contributed by atoms with Crippen LogP contribution in [0.2, 0.25) is 5.02 Å². The van der Waals surface area contributed by atoms with E-state index in [1.165, 1.54) is 11.3 Å². The molecule has 0 spiro atoms. The molecule has 1 aromatic heterocycles. The first-order valence-electron chi connectivity index (χ1n) is 10.4. The predicted octanol–water partition coefficient (Wildman–Crippen LogP) is 4.53. The third-order valence-electron chi connectivity index (χ3n) is 5.46. The fourth-order valence-corrected chi connectivity index (χ4v) is 4.77. The highest BCUT2D eigenvalue weighted by molar-refractivity contribution is 7.13. The number of anilines is 2. The van der Waals surface area contributed by atoms with Crippen LogP contribution in [0.1, 0.15) is 43.9 Å². The average Bonchev–Trinajstić information content (AvgIpc) is 3.29. The van der Waals surface area contributed by atoms with Gasteiger partial charge >= 0.3 is 0 Å². The summed E-state index contributed by atoms with van der Waals surface area (Å²) >= 11 is 7.27. The molecule has 2 amide bonds. The molecular weight excluding hydrogens is 446 g/mol. The van der Waals surface area contributed by atoms with Crippen LogP contribution in [0, 0.1) is 0 Å². The Morgan fingerprint density at radius 2 is 1.84 bits per heavy atom. The van der Waals surface area contributed by atoms with Crippen LogP contribution in [0.3, 0.4) is 0 Å². The molecule has 0 radical (unpaired) electrons. The number of likely N-dealkylation sites (tertiary alicyclic amines) is 1. The van der Waals surface area contributed by atoms with Gasteiger partial charge in [0.25, 0.3) is 11.8 Å². The first-order valence-corrected chi connectivity index (χ1v) is 11.6. The predicted molar refractivity (Wildman–Crippen MR) is 128 cm³/mol. The molecule has 1 aliphatic heterocycles. The Labute approximate surface area is 196 Å². The SMILES string of the molecule is CN(C)c1cccc(C(=O)N2CCC(c3nnc(C(=O)Nc4cccc(Cl)c4)s3)CC2)c1. The van der Waals surface area contributed by atoms with Crippen LogP contribution in [0.15, 0.2) is 48.5 Å². The van der Waals surface area contributed by atoms with Crippen LogP contribution >= 0.6 is 22.9 Å². The van der Waals surface area contributed by atoms with Gasteiger partial charge in [-0.25, -0.2) is 0 Å². The lowest BCUT2D eigenvalue weighted by Crippen LogP contribution is -2.38. The third-order valence-corrected chi connectivity index (χ3v) is 6.78. The fraction of sp³-hybridized carbons (Fsp3) is 0.304. The molecule has 1 N–H and O–H groups in total.